The minimum absolute atomic E-state index is 0.794. The molecule has 1 aromatic heterocycles. The maximum atomic E-state index is 6.00. The number of nitrogens with zero attached hydrogens (tertiary/aromatic N) is 6. The first-order valence-corrected chi connectivity index (χ1v) is 11.9. The van der Waals surface area contributed by atoms with Gasteiger partial charge < -0.3 is 14.8 Å². The normalized spacial score (nSPS) is 18.0. The van der Waals surface area contributed by atoms with Gasteiger partial charge in [0.1, 0.15) is 11.6 Å². The summed E-state index contributed by atoms with van der Waals surface area (Å²) >= 11 is 6.00. The van der Waals surface area contributed by atoms with Gasteiger partial charge in [0.15, 0.2) is 5.96 Å². The van der Waals surface area contributed by atoms with Crippen molar-refractivity contribution < 1.29 is 0 Å². The SMILES string of the molecule is CN=C(NCCCc1nnc2n1CCCCC2)N1CCN(Cc2ccc(Cl)cc2)CC1. The van der Waals surface area contributed by atoms with E-state index < -0.39 is 0 Å². The van der Waals surface area contributed by atoms with Gasteiger partial charge in [-0.15, -0.1) is 10.2 Å². The molecule has 1 aromatic carbocycles. The van der Waals surface area contributed by atoms with Gasteiger partial charge in [-0.2, -0.15) is 0 Å². The fourth-order valence-electron chi connectivity index (χ4n) is 4.47. The van der Waals surface area contributed by atoms with E-state index in [-0.39, 0.29) is 0 Å². The highest BCUT2D eigenvalue weighted by atomic mass is 35.5. The Morgan fingerprint density at radius 3 is 2.61 bits per heavy atom. The van der Waals surface area contributed by atoms with Crippen molar-refractivity contribution in [2.75, 3.05) is 39.8 Å². The number of halogens is 1. The largest absolute Gasteiger partial charge is 0.356 e. The molecular formula is C23H34ClN7. The molecule has 0 saturated carbocycles. The Morgan fingerprint density at radius 1 is 1.03 bits per heavy atom. The molecule has 2 aliphatic heterocycles. The van der Waals surface area contributed by atoms with Crippen LogP contribution in [0, 0.1) is 0 Å². The zero-order valence-electron chi connectivity index (χ0n) is 18.6. The van der Waals surface area contributed by atoms with Crippen molar-refractivity contribution in [2.24, 2.45) is 4.99 Å². The Morgan fingerprint density at radius 2 is 1.84 bits per heavy atom. The highest BCUT2D eigenvalue weighted by molar-refractivity contribution is 6.30. The quantitative estimate of drug-likeness (QED) is 0.422. The van der Waals surface area contributed by atoms with Crippen LogP contribution in [0.2, 0.25) is 5.02 Å². The number of piperazine rings is 1. The molecule has 8 heteroatoms. The van der Waals surface area contributed by atoms with Gasteiger partial charge in [-0.1, -0.05) is 30.2 Å². The molecule has 2 aliphatic rings. The van der Waals surface area contributed by atoms with E-state index in [4.69, 9.17) is 11.6 Å². The summed E-state index contributed by atoms with van der Waals surface area (Å²) in [4.78, 5) is 9.37. The van der Waals surface area contributed by atoms with Gasteiger partial charge in [-0.05, 0) is 37.0 Å². The third-order valence-corrected chi connectivity index (χ3v) is 6.50. The lowest BCUT2D eigenvalue weighted by atomic mass is 10.2. The molecule has 1 N–H and O–H groups in total. The van der Waals surface area contributed by atoms with Crippen LogP contribution in [0.1, 0.15) is 42.9 Å². The van der Waals surface area contributed by atoms with Gasteiger partial charge in [0.2, 0.25) is 0 Å². The summed E-state index contributed by atoms with van der Waals surface area (Å²) < 4.78 is 2.35. The zero-order chi connectivity index (χ0) is 21.5. The van der Waals surface area contributed by atoms with Gasteiger partial charge in [0, 0.05) is 70.7 Å². The summed E-state index contributed by atoms with van der Waals surface area (Å²) in [7, 11) is 1.88. The van der Waals surface area contributed by atoms with Gasteiger partial charge >= 0.3 is 0 Å². The van der Waals surface area contributed by atoms with E-state index in [2.05, 4.69) is 47.0 Å². The predicted octanol–water partition coefficient (Wildman–Crippen LogP) is 2.98. The minimum atomic E-state index is 0.794. The summed E-state index contributed by atoms with van der Waals surface area (Å²) in [5.41, 5.74) is 1.31. The third kappa shape index (κ3) is 5.98. The number of aliphatic imine (C=N–C) groups is 1. The lowest BCUT2D eigenvalue weighted by Gasteiger charge is -2.36. The average Bonchev–Trinajstić information content (AvgIpc) is 3.02. The average molecular weight is 444 g/mol. The standard InChI is InChI=1S/C23H34ClN7/c1-25-23(26-12-5-7-22-28-27-21-6-3-2-4-13-31(21)22)30-16-14-29(15-17-30)18-19-8-10-20(24)11-9-19/h8-11H,2-7,12-18H2,1H3,(H,25,26). The zero-order valence-corrected chi connectivity index (χ0v) is 19.3. The number of hydrogen-bond donors (Lipinski definition) is 1. The number of rotatable bonds is 6. The van der Waals surface area contributed by atoms with Crippen molar-refractivity contribution >= 4 is 17.6 Å². The van der Waals surface area contributed by atoms with E-state index in [0.717, 1.165) is 81.9 Å². The second-order valence-corrected chi connectivity index (χ2v) is 8.90. The van der Waals surface area contributed by atoms with Crippen molar-refractivity contribution in [1.82, 2.24) is 29.9 Å². The molecule has 1 saturated heterocycles. The van der Waals surface area contributed by atoms with E-state index in [1.807, 2.05) is 19.2 Å². The van der Waals surface area contributed by atoms with Crippen LogP contribution in [0.5, 0.6) is 0 Å². The van der Waals surface area contributed by atoms with Crippen molar-refractivity contribution in [3.8, 4) is 0 Å². The highest BCUT2D eigenvalue weighted by Crippen LogP contribution is 2.15. The Bertz CT molecular complexity index is 853. The van der Waals surface area contributed by atoms with Crippen molar-refractivity contribution in [1.29, 1.82) is 0 Å². The first-order valence-electron chi connectivity index (χ1n) is 11.6. The van der Waals surface area contributed by atoms with Crippen LogP contribution >= 0.6 is 11.6 Å². The van der Waals surface area contributed by atoms with Crippen LogP contribution in [0.4, 0.5) is 0 Å². The fraction of sp³-hybridized carbons (Fsp3) is 0.609. The van der Waals surface area contributed by atoms with E-state index >= 15 is 0 Å². The topological polar surface area (TPSA) is 61.6 Å². The Balaban J connectivity index is 1.19. The molecule has 4 rings (SSSR count). The molecule has 0 aliphatic carbocycles. The van der Waals surface area contributed by atoms with E-state index in [1.54, 1.807) is 0 Å². The smallest absolute Gasteiger partial charge is 0.193 e. The van der Waals surface area contributed by atoms with Gasteiger partial charge in [-0.3, -0.25) is 9.89 Å². The van der Waals surface area contributed by atoms with Crippen molar-refractivity contribution in [3.63, 3.8) is 0 Å². The van der Waals surface area contributed by atoms with Crippen molar-refractivity contribution in [3.05, 3.63) is 46.5 Å². The summed E-state index contributed by atoms with van der Waals surface area (Å²) in [6, 6.07) is 8.17. The van der Waals surface area contributed by atoms with Crippen molar-refractivity contribution in [2.45, 2.75) is 51.6 Å². The summed E-state index contributed by atoms with van der Waals surface area (Å²) in [6.07, 6.45) is 6.85. The fourth-order valence-corrected chi connectivity index (χ4v) is 4.60. The van der Waals surface area contributed by atoms with E-state index in [0.29, 0.717) is 0 Å². The van der Waals surface area contributed by atoms with E-state index in [1.165, 1.54) is 30.7 Å². The molecule has 0 bridgehead atoms. The predicted molar refractivity (Wildman–Crippen MR) is 126 cm³/mol. The van der Waals surface area contributed by atoms with Crippen LogP contribution in [0.25, 0.3) is 0 Å². The maximum absolute atomic E-state index is 6.00. The molecule has 0 unspecified atom stereocenters. The van der Waals surface area contributed by atoms with Crippen LogP contribution in [0.3, 0.4) is 0 Å². The molecule has 0 spiro atoms. The molecule has 31 heavy (non-hydrogen) atoms. The number of nitrogens with one attached hydrogen (secondary N) is 1. The molecule has 168 valence electrons. The lowest BCUT2D eigenvalue weighted by molar-refractivity contribution is 0.172. The van der Waals surface area contributed by atoms with Crippen LogP contribution in [-0.2, 0) is 25.9 Å². The summed E-state index contributed by atoms with van der Waals surface area (Å²) in [6.45, 7) is 7.01. The van der Waals surface area contributed by atoms with Crippen LogP contribution in [0.15, 0.2) is 29.3 Å². The number of aryl methyl sites for hydroxylation is 2. The maximum Gasteiger partial charge on any atom is 0.193 e. The highest BCUT2D eigenvalue weighted by Gasteiger charge is 2.20. The molecule has 0 amide bonds. The van der Waals surface area contributed by atoms with E-state index in [9.17, 15) is 0 Å². The van der Waals surface area contributed by atoms with Crippen LogP contribution in [-0.4, -0.2) is 70.3 Å². The first-order chi connectivity index (χ1) is 15.2. The second kappa shape index (κ2) is 11.0. The third-order valence-electron chi connectivity index (χ3n) is 6.25. The number of hydrogen-bond acceptors (Lipinski definition) is 4. The Hall–Kier alpha value is -2.12. The molecule has 7 nitrogen and oxygen atoms in total. The van der Waals surface area contributed by atoms with Gasteiger partial charge in [0.05, 0.1) is 0 Å². The monoisotopic (exact) mass is 443 g/mol. The molecule has 3 heterocycles. The molecular weight excluding hydrogens is 410 g/mol. The first kappa shape index (κ1) is 22.1. The molecule has 1 fully saturated rings. The number of benzene rings is 1. The second-order valence-electron chi connectivity index (χ2n) is 8.46. The van der Waals surface area contributed by atoms with Gasteiger partial charge in [-0.25, -0.2) is 0 Å². The lowest BCUT2D eigenvalue weighted by Crippen LogP contribution is -2.52. The number of guanidine groups is 1. The van der Waals surface area contributed by atoms with Gasteiger partial charge in [0.25, 0.3) is 0 Å². The van der Waals surface area contributed by atoms with Crippen LogP contribution < -0.4 is 5.32 Å². The molecule has 0 atom stereocenters. The molecule has 0 radical (unpaired) electrons. The summed E-state index contributed by atoms with van der Waals surface area (Å²) in [5, 5.41) is 13.2. The summed E-state index contributed by atoms with van der Waals surface area (Å²) in [5.74, 6) is 3.32. The number of aromatic nitrogens is 3. The Kier molecular flexibility index (Phi) is 7.81. The number of fused-ring (bicyclic) bond motifs is 1. The molecule has 2 aromatic rings. The Labute approximate surface area is 190 Å². The minimum Gasteiger partial charge on any atom is -0.356 e.